The third kappa shape index (κ3) is 5.57. The van der Waals surface area contributed by atoms with Crippen LogP contribution in [0, 0.1) is 0 Å². The number of carbonyl (C=O) groups excluding carboxylic acids is 1. The number of hydrogen-bond acceptors (Lipinski definition) is 9. The van der Waals surface area contributed by atoms with Crippen LogP contribution in [0.4, 0.5) is 5.82 Å². The van der Waals surface area contributed by atoms with E-state index in [0.29, 0.717) is 37.1 Å². The molecule has 3 aromatic rings. The molecule has 1 fully saturated rings. The number of amides is 1. The molecule has 31 heavy (non-hydrogen) atoms. The summed E-state index contributed by atoms with van der Waals surface area (Å²) in [6.45, 7) is 2.82. The summed E-state index contributed by atoms with van der Waals surface area (Å²) in [5, 5.41) is 18.6. The second-order valence-electron chi connectivity index (χ2n) is 8.14. The van der Waals surface area contributed by atoms with Crippen LogP contribution in [0.1, 0.15) is 53.8 Å². The van der Waals surface area contributed by atoms with Crippen LogP contribution in [0.2, 0.25) is 0 Å². The number of nitrogens with zero attached hydrogens (tertiary/aromatic N) is 3. The van der Waals surface area contributed by atoms with Crippen LogP contribution < -0.4 is 10.6 Å². The van der Waals surface area contributed by atoms with Crippen LogP contribution in [0.3, 0.4) is 0 Å². The first-order valence-corrected chi connectivity index (χ1v) is 12.0. The SMILES string of the molecule is COCCNC(=O)c1cc(Cc2nc(NC3CCC(C)(O)CC3)c3sccc3n2)sn1. The van der Waals surface area contributed by atoms with Gasteiger partial charge in [0.2, 0.25) is 0 Å². The van der Waals surface area contributed by atoms with Gasteiger partial charge in [-0.3, -0.25) is 4.79 Å². The van der Waals surface area contributed by atoms with Gasteiger partial charge in [-0.15, -0.1) is 11.3 Å². The average molecular weight is 462 g/mol. The maximum Gasteiger partial charge on any atom is 0.271 e. The van der Waals surface area contributed by atoms with E-state index in [-0.39, 0.29) is 5.91 Å². The third-order valence-corrected chi connectivity index (χ3v) is 7.16. The Labute approximate surface area is 189 Å². The number of fused-ring (bicyclic) bond motifs is 1. The third-order valence-electron chi connectivity index (χ3n) is 5.47. The molecular weight excluding hydrogens is 434 g/mol. The molecule has 8 nitrogen and oxygen atoms in total. The van der Waals surface area contributed by atoms with E-state index in [9.17, 15) is 9.90 Å². The Morgan fingerprint density at radius 2 is 2.16 bits per heavy atom. The molecule has 166 valence electrons. The molecule has 0 spiro atoms. The lowest BCUT2D eigenvalue weighted by Crippen LogP contribution is -2.36. The van der Waals surface area contributed by atoms with Gasteiger partial charge in [-0.05, 0) is 61.7 Å². The number of nitrogens with one attached hydrogen (secondary N) is 2. The van der Waals surface area contributed by atoms with Gasteiger partial charge in [-0.1, -0.05) is 0 Å². The number of hydrogen-bond donors (Lipinski definition) is 3. The monoisotopic (exact) mass is 461 g/mol. The number of thiophene rings is 1. The Kier molecular flexibility index (Phi) is 6.80. The molecule has 0 bridgehead atoms. The first-order chi connectivity index (χ1) is 14.9. The molecule has 3 N–H and O–H groups in total. The van der Waals surface area contributed by atoms with Gasteiger partial charge in [0.15, 0.2) is 0 Å². The minimum absolute atomic E-state index is 0.204. The Bertz CT molecular complexity index is 1040. The molecule has 0 radical (unpaired) electrons. The van der Waals surface area contributed by atoms with Gasteiger partial charge in [0, 0.05) is 31.0 Å². The maximum atomic E-state index is 12.2. The standard InChI is InChI=1S/C21H27N5O3S2/c1-21(28)6-3-13(4-7-21)23-19-18-15(5-10-30-18)24-17(25-19)12-14-11-16(26-31-14)20(27)22-8-9-29-2/h5,10-11,13,28H,3-4,6-9,12H2,1-2H3,(H,22,27)(H,23,24,25). The molecule has 4 rings (SSSR count). The van der Waals surface area contributed by atoms with Gasteiger partial charge in [-0.2, -0.15) is 4.37 Å². The highest BCUT2D eigenvalue weighted by atomic mass is 32.1. The van der Waals surface area contributed by atoms with Crippen molar-refractivity contribution in [2.75, 3.05) is 25.6 Å². The molecule has 1 amide bonds. The Morgan fingerprint density at radius 3 is 2.94 bits per heavy atom. The lowest BCUT2D eigenvalue weighted by Gasteiger charge is -2.33. The van der Waals surface area contributed by atoms with E-state index in [1.54, 1.807) is 24.5 Å². The van der Waals surface area contributed by atoms with Gasteiger partial charge in [0.05, 0.1) is 22.4 Å². The van der Waals surface area contributed by atoms with E-state index in [1.807, 2.05) is 18.4 Å². The highest BCUT2D eigenvalue weighted by Crippen LogP contribution is 2.32. The van der Waals surface area contributed by atoms with E-state index in [4.69, 9.17) is 14.7 Å². The second kappa shape index (κ2) is 9.56. The van der Waals surface area contributed by atoms with Crippen molar-refractivity contribution in [3.8, 4) is 0 Å². The summed E-state index contributed by atoms with van der Waals surface area (Å²) >= 11 is 2.92. The zero-order chi connectivity index (χ0) is 21.8. The van der Waals surface area contributed by atoms with Crippen LogP contribution in [-0.4, -0.2) is 57.3 Å². The smallest absolute Gasteiger partial charge is 0.271 e. The number of carbonyl (C=O) groups is 1. The number of aliphatic hydroxyl groups is 1. The fraction of sp³-hybridized carbons (Fsp3) is 0.524. The summed E-state index contributed by atoms with van der Waals surface area (Å²) in [4.78, 5) is 22.6. The minimum atomic E-state index is -0.563. The van der Waals surface area contributed by atoms with Gasteiger partial charge in [0.1, 0.15) is 17.3 Å². The number of methoxy groups -OCH3 is 1. The summed E-state index contributed by atoms with van der Waals surface area (Å²) in [5.74, 6) is 1.35. The van der Waals surface area contributed by atoms with E-state index in [0.717, 1.165) is 46.6 Å². The van der Waals surface area contributed by atoms with Crippen molar-refractivity contribution in [2.45, 2.75) is 50.7 Å². The summed E-state index contributed by atoms with van der Waals surface area (Å²) in [6.07, 6.45) is 3.91. The molecule has 0 unspecified atom stereocenters. The fourth-order valence-electron chi connectivity index (χ4n) is 3.68. The molecule has 1 saturated carbocycles. The fourth-order valence-corrected chi connectivity index (χ4v) is 5.18. The molecular formula is C21H27N5O3S2. The van der Waals surface area contributed by atoms with E-state index >= 15 is 0 Å². The summed E-state index contributed by atoms with van der Waals surface area (Å²) < 4.78 is 10.3. The van der Waals surface area contributed by atoms with Crippen LogP contribution in [0.25, 0.3) is 10.2 Å². The topological polar surface area (TPSA) is 109 Å². The number of rotatable bonds is 8. The quantitative estimate of drug-likeness (QED) is 0.442. The normalized spacial score (nSPS) is 21.3. The van der Waals surface area contributed by atoms with Crippen molar-refractivity contribution in [3.63, 3.8) is 0 Å². The molecule has 0 aliphatic heterocycles. The van der Waals surface area contributed by atoms with E-state index < -0.39 is 5.60 Å². The van der Waals surface area contributed by atoms with Gasteiger partial charge < -0.3 is 20.5 Å². The van der Waals surface area contributed by atoms with Gasteiger partial charge in [0.25, 0.3) is 5.91 Å². The Hall–Kier alpha value is -2.14. The van der Waals surface area contributed by atoms with Crippen molar-refractivity contribution in [1.82, 2.24) is 19.7 Å². The first kappa shape index (κ1) is 22.1. The number of aromatic nitrogens is 3. The van der Waals surface area contributed by atoms with Crippen molar-refractivity contribution >= 4 is 44.8 Å². The second-order valence-corrected chi connectivity index (χ2v) is 9.95. The van der Waals surface area contributed by atoms with Crippen molar-refractivity contribution in [3.05, 3.63) is 33.9 Å². The van der Waals surface area contributed by atoms with E-state index in [2.05, 4.69) is 15.0 Å². The predicted molar refractivity (Wildman–Crippen MR) is 123 cm³/mol. The Morgan fingerprint density at radius 1 is 1.35 bits per heavy atom. The van der Waals surface area contributed by atoms with Crippen LogP contribution in [0.5, 0.6) is 0 Å². The molecule has 0 aromatic carbocycles. The molecule has 1 aliphatic rings. The van der Waals surface area contributed by atoms with Gasteiger partial charge in [-0.25, -0.2) is 9.97 Å². The summed E-state index contributed by atoms with van der Waals surface area (Å²) in [6, 6.07) is 4.09. The summed E-state index contributed by atoms with van der Waals surface area (Å²) in [7, 11) is 1.60. The average Bonchev–Trinajstić information content (AvgIpc) is 3.39. The van der Waals surface area contributed by atoms with Crippen LogP contribution >= 0.6 is 22.9 Å². The highest BCUT2D eigenvalue weighted by Gasteiger charge is 2.29. The van der Waals surface area contributed by atoms with Crippen molar-refractivity contribution < 1.29 is 14.6 Å². The van der Waals surface area contributed by atoms with E-state index in [1.165, 1.54) is 11.5 Å². The summed E-state index contributed by atoms with van der Waals surface area (Å²) in [5.41, 5.74) is 0.759. The highest BCUT2D eigenvalue weighted by molar-refractivity contribution is 7.17. The largest absolute Gasteiger partial charge is 0.390 e. The van der Waals surface area contributed by atoms with Crippen LogP contribution in [-0.2, 0) is 11.2 Å². The zero-order valence-electron chi connectivity index (χ0n) is 17.7. The molecule has 1 aliphatic carbocycles. The maximum absolute atomic E-state index is 12.2. The lowest BCUT2D eigenvalue weighted by molar-refractivity contribution is 0.0196. The molecule has 10 heteroatoms. The Balaban J connectivity index is 1.47. The minimum Gasteiger partial charge on any atom is -0.390 e. The van der Waals surface area contributed by atoms with Gasteiger partial charge >= 0.3 is 0 Å². The van der Waals surface area contributed by atoms with Crippen LogP contribution in [0.15, 0.2) is 17.5 Å². The predicted octanol–water partition coefficient (Wildman–Crippen LogP) is 3.22. The molecule has 0 saturated heterocycles. The lowest BCUT2D eigenvalue weighted by atomic mass is 9.84. The van der Waals surface area contributed by atoms with Crippen molar-refractivity contribution in [2.24, 2.45) is 0 Å². The van der Waals surface area contributed by atoms with Crippen molar-refractivity contribution in [1.29, 1.82) is 0 Å². The molecule has 3 heterocycles. The number of anilines is 1. The number of ether oxygens (including phenoxy) is 1. The molecule has 0 atom stereocenters. The molecule has 3 aromatic heterocycles. The zero-order valence-corrected chi connectivity index (χ0v) is 19.3. The first-order valence-electron chi connectivity index (χ1n) is 10.4.